The lowest BCUT2D eigenvalue weighted by Crippen LogP contribution is -2.01. The highest BCUT2D eigenvalue weighted by molar-refractivity contribution is 9.10. The van der Waals surface area contributed by atoms with Gasteiger partial charge in [-0.15, -0.1) is 0 Å². The summed E-state index contributed by atoms with van der Waals surface area (Å²) < 4.78 is 7.44. The van der Waals surface area contributed by atoms with E-state index in [1.807, 2.05) is 24.3 Å². The molecule has 19 heavy (non-hydrogen) atoms. The molecule has 0 atom stereocenters. The molecular formula is C13H13BrN2O3. The van der Waals surface area contributed by atoms with Crippen LogP contribution in [-0.4, -0.2) is 28.0 Å². The van der Waals surface area contributed by atoms with Crippen molar-refractivity contribution in [2.75, 3.05) is 7.11 Å². The molecule has 100 valence electrons. The Morgan fingerprint density at radius 1 is 1.42 bits per heavy atom. The molecule has 0 saturated carbocycles. The number of carboxylic acid groups (broad SMARTS) is 1. The molecular weight excluding hydrogens is 312 g/mol. The first-order valence-corrected chi connectivity index (χ1v) is 6.42. The van der Waals surface area contributed by atoms with E-state index in [4.69, 9.17) is 9.84 Å². The molecule has 2 aromatic rings. The minimum atomic E-state index is -0.877. The van der Waals surface area contributed by atoms with Crippen LogP contribution in [0.4, 0.5) is 0 Å². The highest BCUT2D eigenvalue weighted by Gasteiger charge is 2.16. The van der Waals surface area contributed by atoms with E-state index in [2.05, 4.69) is 21.0 Å². The van der Waals surface area contributed by atoms with Crippen molar-refractivity contribution in [3.8, 4) is 11.4 Å². The van der Waals surface area contributed by atoms with Crippen molar-refractivity contribution in [1.29, 1.82) is 0 Å². The maximum absolute atomic E-state index is 10.8. The molecule has 0 spiro atoms. The number of carbonyl (C=O) groups is 1. The summed E-state index contributed by atoms with van der Waals surface area (Å²) in [5.74, 6) is -0.118. The van der Waals surface area contributed by atoms with Crippen molar-refractivity contribution >= 4 is 21.9 Å². The number of carboxylic acids is 1. The van der Waals surface area contributed by atoms with Gasteiger partial charge >= 0.3 is 5.97 Å². The minimum absolute atomic E-state index is 0.0530. The number of benzene rings is 1. The quantitative estimate of drug-likeness (QED) is 0.938. The van der Waals surface area contributed by atoms with Gasteiger partial charge in [-0.2, -0.15) is 5.10 Å². The van der Waals surface area contributed by atoms with Crippen LogP contribution in [-0.2, 0) is 11.2 Å². The average molecular weight is 325 g/mol. The van der Waals surface area contributed by atoms with Crippen LogP contribution in [0.15, 0.2) is 28.9 Å². The van der Waals surface area contributed by atoms with Crippen molar-refractivity contribution < 1.29 is 14.6 Å². The van der Waals surface area contributed by atoms with E-state index >= 15 is 0 Å². The molecule has 0 bridgehead atoms. The molecule has 1 N–H and O–H groups in total. The van der Waals surface area contributed by atoms with Crippen molar-refractivity contribution in [1.82, 2.24) is 9.78 Å². The Balaban J connectivity index is 2.42. The number of methoxy groups -OCH3 is 1. The third-order valence-electron chi connectivity index (χ3n) is 2.77. The van der Waals surface area contributed by atoms with Gasteiger partial charge in [-0.1, -0.05) is 0 Å². The van der Waals surface area contributed by atoms with Crippen LogP contribution in [0.25, 0.3) is 5.69 Å². The van der Waals surface area contributed by atoms with Gasteiger partial charge in [0.2, 0.25) is 0 Å². The van der Waals surface area contributed by atoms with Crippen molar-refractivity contribution in [3.05, 3.63) is 40.1 Å². The second kappa shape index (κ2) is 5.44. The van der Waals surface area contributed by atoms with E-state index < -0.39 is 5.97 Å². The third kappa shape index (κ3) is 2.78. The van der Waals surface area contributed by atoms with Gasteiger partial charge in [-0.25, -0.2) is 4.68 Å². The summed E-state index contributed by atoms with van der Waals surface area (Å²) in [4.78, 5) is 10.8. The van der Waals surface area contributed by atoms with Gasteiger partial charge in [0.25, 0.3) is 0 Å². The number of rotatable bonds is 4. The number of hydrogen-bond acceptors (Lipinski definition) is 3. The molecule has 0 amide bonds. The zero-order chi connectivity index (χ0) is 14.0. The standard InChI is InChI=1S/C13H13BrN2O3/c1-8-11(7-12(17)18)13(14)16(15-8)9-3-5-10(19-2)6-4-9/h3-6H,7H2,1-2H3,(H,17,18). The molecule has 0 saturated heterocycles. The summed E-state index contributed by atoms with van der Waals surface area (Å²) in [5, 5.41) is 13.2. The molecule has 0 aliphatic heterocycles. The lowest BCUT2D eigenvalue weighted by atomic mass is 10.2. The molecule has 5 nitrogen and oxygen atoms in total. The van der Waals surface area contributed by atoms with Crippen LogP contribution in [0.5, 0.6) is 5.75 Å². The van der Waals surface area contributed by atoms with Gasteiger partial charge in [0, 0.05) is 5.56 Å². The van der Waals surface area contributed by atoms with Gasteiger partial charge in [0.15, 0.2) is 0 Å². The fourth-order valence-corrected chi connectivity index (χ4v) is 2.49. The monoisotopic (exact) mass is 324 g/mol. The zero-order valence-electron chi connectivity index (χ0n) is 10.6. The number of aryl methyl sites for hydroxylation is 1. The minimum Gasteiger partial charge on any atom is -0.497 e. The molecule has 0 fully saturated rings. The maximum Gasteiger partial charge on any atom is 0.307 e. The van der Waals surface area contributed by atoms with E-state index in [0.717, 1.165) is 11.4 Å². The maximum atomic E-state index is 10.8. The van der Waals surface area contributed by atoms with Crippen molar-refractivity contribution in [2.45, 2.75) is 13.3 Å². The number of ether oxygens (including phenoxy) is 1. The predicted octanol–water partition coefficient (Wildman–Crippen LogP) is 2.58. The lowest BCUT2D eigenvalue weighted by Gasteiger charge is -2.05. The van der Waals surface area contributed by atoms with Gasteiger partial charge < -0.3 is 9.84 Å². The van der Waals surface area contributed by atoms with Gasteiger partial charge in [0.05, 0.1) is 24.9 Å². The molecule has 0 aliphatic carbocycles. The summed E-state index contributed by atoms with van der Waals surface area (Å²) in [7, 11) is 1.61. The Morgan fingerprint density at radius 3 is 2.58 bits per heavy atom. The Morgan fingerprint density at radius 2 is 2.05 bits per heavy atom. The van der Waals surface area contributed by atoms with Crippen molar-refractivity contribution in [2.24, 2.45) is 0 Å². The number of aromatic nitrogens is 2. The average Bonchev–Trinajstić information content (AvgIpc) is 2.66. The van der Waals surface area contributed by atoms with Crippen LogP contribution in [0.1, 0.15) is 11.3 Å². The normalized spacial score (nSPS) is 10.5. The summed E-state index contributed by atoms with van der Waals surface area (Å²) in [6.07, 6.45) is -0.0530. The number of hydrogen-bond donors (Lipinski definition) is 1. The Bertz CT molecular complexity index is 605. The highest BCUT2D eigenvalue weighted by atomic mass is 79.9. The van der Waals surface area contributed by atoms with Crippen LogP contribution >= 0.6 is 15.9 Å². The number of aliphatic carboxylic acids is 1. The van der Waals surface area contributed by atoms with Crippen molar-refractivity contribution in [3.63, 3.8) is 0 Å². The smallest absolute Gasteiger partial charge is 0.307 e. The van der Waals surface area contributed by atoms with E-state index in [-0.39, 0.29) is 6.42 Å². The Hall–Kier alpha value is -1.82. The predicted molar refractivity (Wildman–Crippen MR) is 73.9 cm³/mol. The topological polar surface area (TPSA) is 64.4 Å². The molecule has 0 unspecified atom stereocenters. The molecule has 0 radical (unpaired) electrons. The van der Waals surface area contributed by atoms with Crippen LogP contribution in [0.3, 0.4) is 0 Å². The zero-order valence-corrected chi connectivity index (χ0v) is 12.1. The number of nitrogens with zero attached hydrogens (tertiary/aromatic N) is 2. The fourth-order valence-electron chi connectivity index (χ4n) is 1.78. The highest BCUT2D eigenvalue weighted by Crippen LogP contribution is 2.25. The number of halogens is 1. The second-order valence-electron chi connectivity index (χ2n) is 4.04. The molecule has 6 heteroatoms. The molecule has 1 aromatic heterocycles. The van der Waals surface area contributed by atoms with Gasteiger partial charge in [-0.05, 0) is 47.1 Å². The van der Waals surface area contributed by atoms with Crippen LogP contribution < -0.4 is 4.74 Å². The van der Waals surface area contributed by atoms with E-state index in [0.29, 0.717) is 15.9 Å². The largest absolute Gasteiger partial charge is 0.497 e. The van der Waals surface area contributed by atoms with Gasteiger partial charge in [-0.3, -0.25) is 4.79 Å². The molecule has 0 aliphatic rings. The van der Waals surface area contributed by atoms with Crippen LogP contribution in [0, 0.1) is 6.92 Å². The first-order valence-electron chi connectivity index (χ1n) is 5.63. The van der Waals surface area contributed by atoms with Crippen LogP contribution in [0.2, 0.25) is 0 Å². The second-order valence-corrected chi connectivity index (χ2v) is 4.79. The molecule has 2 rings (SSSR count). The SMILES string of the molecule is COc1ccc(-n2nc(C)c(CC(=O)O)c2Br)cc1. The first-order chi connectivity index (χ1) is 9.02. The summed E-state index contributed by atoms with van der Waals surface area (Å²) in [6.45, 7) is 1.79. The third-order valence-corrected chi connectivity index (χ3v) is 3.58. The Kier molecular flexibility index (Phi) is 3.90. The summed E-state index contributed by atoms with van der Waals surface area (Å²) in [5.41, 5.74) is 2.22. The fraction of sp³-hybridized carbons (Fsp3) is 0.231. The molecule has 1 heterocycles. The summed E-state index contributed by atoms with van der Waals surface area (Å²) in [6, 6.07) is 7.38. The van der Waals surface area contributed by atoms with E-state index in [1.165, 1.54) is 0 Å². The molecule has 1 aromatic carbocycles. The van der Waals surface area contributed by atoms with Gasteiger partial charge in [0.1, 0.15) is 10.4 Å². The lowest BCUT2D eigenvalue weighted by molar-refractivity contribution is -0.136. The summed E-state index contributed by atoms with van der Waals surface area (Å²) >= 11 is 3.41. The first kappa shape index (κ1) is 13.6. The van der Waals surface area contributed by atoms with E-state index in [1.54, 1.807) is 18.7 Å². The Labute approximate surface area is 118 Å². The van der Waals surface area contributed by atoms with E-state index in [9.17, 15) is 4.79 Å².